The number of anilines is 1. The Labute approximate surface area is 191 Å². The number of amides is 1. The fraction of sp³-hybridized carbons (Fsp3) is 0.280. The number of hydrogen-bond acceptors (Lipinski definition) is 6. The minimum absolute atomic E-state index is 0.00245. The minimum atomic E-state index is -1.05. The fourth-order valence-corrected chi connectivity index (χ4v) is 3.69. The van der Waals surface area contributed by atoms with Crippen LogP contribution in [0.4, 0.5) is 5.69 Å². The van der Waals surface area contributed by atoms with Crippen LogP contribution in [0.1, 0.15) is 24.8 Å². The molecule has 0 fully saturated rings. The predicted octanol–water partition coefficient (Wildman–Crippen LogP) is 3.36. The Balaban J connectivity index is 1.62. The second-order valence-electron chi connectivity index (χ2n) is 7.81. The van der Waals surface area contributed by atoms with Crippen LogP contribution in [0.5, 0.6) is 0 Å². The van der Waals surface area contributed by atoms with Crippen molar-refractivity contribution in [3.05, 3.63) is 72.6 Å². The summed E-state index contributed by atoms with van der Waals surface area (Å²) in [6.45, 7) is 0.0991. The van der Waals surface area contributed by atoms with Crippen LogP contribution in [-0.4, -0.2) is 34.5 Å². The van der Waals surface area contributed by atoms with Crippen molar-refractivity contribution in [1.29, 1.82) is 0 Å². The predicted molar refractivity (Wildman–Crippen MR) is 124 cm³/mol. The summed E-state index contributed by atoms with van der Waals surface area (Å²) in [6.07, 6.45) is 3.29. The number of pyridine rings is 1. The van der Waals surface area contributed by atoms with Gasteiger partial charge in [0, 0.05) is 42.9 Å². The SMILES string of the molecule is NCC(C(=O)Nc1ccc2cnccc2c1)C(CCC(=O)OCc1ccccc1)CC(=O)O. The Morgan fingerprint density at radius 2 is 1.85 bits per heavy atom. The van der Waals surface area contributed by atoms with Crippen molar-refractivity contribution in [3.63, 3.8) is 0 Å². The average Bonchev–Trinajstić information content (AvgIpc) is 2.81. The van der Waals surface area contributed by atoms with Crippen LogP contribution in [0.25, 0.3) is 10.8 Å². The normalized spacial score (nSPS) is 12.6. The molecule has 2 unspecified atom stereocenters. The Hall–Kier alpha value is -3.78. The maximum absolute atomic E-state index is 12.9. The number of nitrogens with zero attached hydrogens (tertiary/aromatic N) is 1. The number of aromatic nitrogens is 1. The fourth-order valence-electron chi connectivity index (χ4n) is 3.69. The van der Waals surface area contributed by atoms with Gasteiger partial charge in [-0.2, -0.15) is 0 Å². The van der Waals surface area contributed by atoms with Gasteiger partial charge < -0.3 is 20.9 Å². The van der Waals surface area contributed by atoms with E-state index in [1.54, 1.807) is 18.5 Å². The van der Waals surface area contributed by atoms with E-state index in [4.69, 9.17) is 10.5 Å². The Morgan fingerprint density at radius 1 is 1.06 bits per heavy atom. The van der Waals surface area contributed by atoms with Crippen LogP contribution in [0.15, 0.2) is 67.0 Å². The number of esters is 1. The summed E-state index contributed by atoms with van der Waals surface area (Å²) < 4.78 is 5.27. The van der Waals surface area contributed by atoms with Crippen LogP contribution < -0.4 is 11.1 Å². The molecule has 1 aromatic heterocycles. The Bertz CT molecular complexity index is 1100. The third-order valence-electron chi connectivity index (χ3n) is 5.47. The summed E-state index contributed by atoms with van der Waals surface area (Å²) in [5, 5.41) is 14.0. The number of carboxylic acid groups (broad SMARTS) is 1. The maximum Gasteiger partial charge on any atom is 0.306 e. The van der Waals surface area contributed by atoms with Crippen molar-refractivity contribution in [2.75, 3.05) is 11.9 Å². The number of carbonyl (C=O) groups excluding carboxylic acids is 2. The molecule has 0 bridgehead atoms. The van der Waals surface area contributed by atoms with E-state index in [-0.39, 0.29) is 38.3 Å². The molecule has 3 aromatic rings. The van der Waals surface area contributed by atoms with E-state index in [0.29, 0.717) is 5.69 Å². The molecule has 0 aliphatic carbocycles. The van der Waals surface area contributed by atoms with Gasteiger partial charge in [0.15, 0.2) is 0 Å². The number of fused-ring (bicyclic) bond motifs is 1. The van der Waals surface area contributed by atoms with Gasteiger partial charge in [-0.05, 0) is 41.5 Å². The number of ether oxygens (including phenoxy) is 1. The van der Waals surface area contributed by atoms with Gasteiger partial charge in [0.2, 0.25) is 5.91 Å². The molecular weight excluding hydrogens is 422 g/mol. The molecule has 1 amide bonds. The third kappa shape index (κ3) is 7.11. The summed E-state index contributed by atoms with van der Waals surface area (Å²) in [4.78, 5) is 40.6. The standard InChI is InChI=1S/C25H27N3O5/c26-14-22(25(32)28-21-8-6-20-15-27-11-10-18(20)12-21)19(13-23(29)30)7-9-24(31)33-16-17-4-2-1-3-5-17/h1-6,8,10-12,15,19,22H,7,9,13-14,16,26H2,(H,28,32)(H,29,30). The number of hydrogen-bond donors (Lipinski definition) is 3. The molecule has 2 aromatic carbocycles. The topological polar surface area (TPSA) is 132 Å². The quantitative estimate of drug-likeness (QED) is 0.382. The largest absolute Gasteiger partial charge is 0.481 e. The molecule has 0 aliphatic rings. The molecule has 0 radical (unpaired) electrons. The van der Waals surface area contributed by atoms with E-state index in [2.05, 4.69) is 10.3 Å². The average molecular weight is 450 g/mol. The molecule has 0 aliphatic heterocycles. The smallest absolute Gasteiger partial charge is 0.306 e. The van der Waals surface area contributed by atoms with Crippen molar-refractivity contribution >= 4 is 34.3 Å². The number of rotatable bonds is 11. The lowest BCUT2D eigenvalue weighted by atomic mass is 9.85. The number of nitrogens with two attached hydrogens (primary N) is 1. The summed E-state index contributed by atoms with van der Waals surface area (Å²) in [5.41, 5.74) is 7.29. The molecule has 0 saturated heterocycles. The number of nitrogens with one attached hydrogen (secondary N) is 1. The molecule has 172 valence electrons. The highest BCUT2D eigenvalue weighted by Crippen LogP contribution is 2.25. The lowest BCUT2D eigenvalue weighted by Crippen LogP contribution is -2.36. The molecule has 3 rings (SSSR count). The zero-order valence-electron chi connectivity index (χ0n) is 18.1. The Morgan fingerprint density at radius 3 is 2.58 bits per heavy atom. The summed E-state index contributed by atoms with van der Waals surface area (Å²) >= 11 is 0. The zero-order chi connectivity index (χ0) is 23.6. The van der Waals surface area contributed by atoms with Crippen molar-refractivity contribution in [2.24, 2.45) is 17.6 Å². The van der Waals surface area contributed by atoms with E-state index >= 15 is 0 Å². The van der Waals surface area contributed by atoms with Gasteiger partial charge in [-0.1, -0.05) is 36.4 Å². The molecule has 0 spiro atoms. The van der Waals surface area contributed by atoms with Crippen LogP contribution in [0, 0.1) is 11.8 Å². The van der Waals surface area contributed by atoms with Crippen molar-refractivity contribution in [3.8, 4) is 0 Å². The zero-order valence-corrected chi connectivity index (χ0v) is 18.1. The number of aliphatic carboxylic acids is 1. The van der Waals surface area contributed by atoms with Crippen LogP contribution in [-0.2, 0) is 25.7 Å². The molecule has 0 saturated carbocycles. The van der Waals surface area contributed by atoms with Crippen LogP contribution >= 0.6 is 0 Å². The first kappa shape index (κ1) is 23.9. The molecule has 1 heterocycles. The summed E-state index contributed by atoms with van der Waals surface area (Å²) in [6, 6.07) is 16.5. The van der Waals surface area contributed by atoms with E-state index in [1.165, 1.54) is 0 Å². The first-order valence-electron chi connectivity index (χ1n) is 10.7. The highest BCUT2D eigenvalue weighted by molar-refractivity contribution is 5.96. The van der Waals surface area contributed by atoms with E-state index in [9.17, 15) is 19.5 Å². The lowest BCUT2D eigenvalue weighted by Gasteiger charge is -2.24. The van der Waals surface area contributed by atoms with Gasteiger partial charge >= 0.3 is 11.9 Å². The molecule has 33 heavy (non-hydrogen) atoms. The molecular formula is C25H27N3O5. The lowest BCUT2D eigenvalue weighted by molar-refractivity contribution is -0.146. The maximum atomic E-state index is 12.9. The Kier molecular flexibility index (Phi) is 8.49. The molecule has 8 heteroatoms. The van der Waals surface area contributed by atoms with Gasteiger partial charge in [-0.15, -0.1) is 0 Å². The molecule has 8 nitrogen and oxygen atoms in total. The second-order valence-corrected chi connectivity index (χ2v) is 7.81. The van der Waals surface area contributed by atoms with Gasteiger partial charge in [-0.3, -0.25) is 19.4 Å². The first-order valence-corrected chi connectivity index (χ1v) is 10.7. The van der Waals surface area contributed by atoms with Gasteiger partial charge in [0.1, 0.15) is 6.61 Å². The van der Waals surface area contributed by atoms with Crippen LogP contribution in [0.2, 0.25) is 0 Å². The summed E-state index contributed by atoms with van der Waals surface area (Å²) in [5.74, 6) is -3.26. The van der Waals surface area contributed by atoms with Crippen molar-refractivity contribution < 1.29 is 24.2 Å². The highest BCUT2D eigenvalue weighted by atomic mass is 16.5. The third-order valence-corrected chi connectivity index (χ3v) is 5.47. The number of carboxylic acids is 1. The van der Waals surface area contributed by atoms with Crippen molar-refractivity contribution in [1.82, 2.24) is 4.98 Å². The van der Waals surface area contributed by atoms with E-state index < -0.39 is 23.8 Å². The van der Waals surface area contributed by atoms with Gasteiger partial charge in [0.05, 0.1) is 5.92 Å². The first-order chi connectivity index (χ1) is 16.0. The monoisotopic (exact) mass is 449 g/mol. The number of benzene rings is 2. The molecule has 2 atom stereocenters. The van der Waals surface area contributed by atoms with Crippen LogP contribution in [0.3, 0.4) is 0 Å². The van der Waals surface area contributed by atoms with Gasteiger partial charge in [-0.25, -0.2) is 0 Å². The second kappa shape index (κ2) is 11.7. The van der Waals surface area contributed by atoms with E-state index in [0.717, 1.165) is 16.3 Å². The number of carbonyl (C=O) groups is 3. The summed E-state index contributed by atoms with van der Waals surface area (Å²) in [7, 11) is 0. The van der Waals surface area contributed by atoms with Crippen molar-refractivity contribution in [2.45, 2.75) is 25.9 Å². The van der Waals surface area contributed by atoms with E-state index in [1.807, 2.05) is 48.5 Å². The minimum Gasteiger partial charge on any atom is -0.481 e. The molecule has 4 N–H and O–H groups in total. The highest BCUT2D eigenvalue weighted by Gasteiger charge is 2.30. The van der Waals surface area contributed by atoms with Gasteiger partial charge in [0.25, 0.3) is 0 Å².